The minimum Gasteiger partial charge on any atom is -0.469 e. The molecule has 3 aromatic carbocycles. The number of hydrogen-bond acceptors (Lipinski definition) is 6. The maximum absolute atomic E-state index is 11.7. The van der Waals surface area contributed by atoms with Gasteiger partial charge < -0.3 is 9.26 Å². The molecule has 1 aromatic heterocycles. The lowest BCUT2D eigenvalue weighted by Gasteiger charge is -2.12. The maximum Gasteiger partial charge on any atom is 0.305 e. The second-order valence-corrected chi connectivity index (χ2v) is 8.43. The number of aromatic nitrogens is 2. The standard InChI is InChI=1S/C26H24N2O2.C4H8O2.C2H6/c1-4-8-20-16-22(13-14-24(20)23-12-6-5-9-17(23)2)26-27-25(28-30-26)21-11-7-10-19(15-21)18(3)29;1-3-4(5)6-2;1-2/h5-7,9-16H,4,8H2,1-3H3;3H2,1-2H3;1-2H3. The summed E-state index contributed by atoms with van der Waals surface area (Å²) in [7, 11) is 1.38. The van der Waals surface area contributed by atoms with E-state index < -0.39 is 0 Å². The Morgan fingerprint density at radius 1 is 0.895 bits per heavy atom. The summed E-state index contributed by atoms with van der Waals surface area (Å²) in [4.78, 5) is 26.2. The number of Topliss-reactive ketones (excluding diaryl/α,β-unsaturated/α-hetero) is 1. The van der Waals surface area contributed by atoms with E-state index in [-0.39, 0.29) is 11.8 Å². The van der Waals surface area contributed by atoms with E-state index in [2.05, 4.69) is 65.1 Å². The first-order chi connectivity index (χ1) is 18.4. The Morgan fingerprint density at radius 2 is 1.63 bits per heavy atom. The number of ketones is 1. The number of methoxy groups -OCH3 is 1. The third-order valence-electron chi connectivity index (χ3n) is 5.78. The van der Waals surface area contributed by atoms with Gasteiger partial charge in [0.15, 0.2) is 5.78 Å². The largest absolute Gasteiger partial charge is 0.469 e. The number of carbonyl (C=O) groups is 2. The minimum absolute atomic E-state index is 0.0107. The fourth-order valence-corrected chi connectivity index (χ4v) is 3.82. The highest BCUT2D eigenvalue weighted by molar-refractivity contribution is 5.95. The van der Waals surface area contributed by atoms with Gasteiger partial charge in [-0.25, -0.2) is 0 Å². The SMILES string of the molecule is CC.CCC(=O)OC.CCCc1cc(-c2nc(-c3cccc(C(C)=O)c3)no2)ccc1-c1ccccc1C. The number of benzene rings is 3. The third kappa shape index (κ3) is 7.97. The maximum atomic E-state index is 11.7. The van der Waals surface area contributed by atoms with Gasteiger partial charge in [-0.05, 0) is 60.7 Å². The van der Waals surface area contributed by atoms with E-state index in [4.69, 9.17) is 4.52 Å². The molecule has 0 unspecified atom stereocenters. The Labute approximate surface area is 226 Å². The van der Waals surface area contributed by atoms with Crippen molar-refractivity contribution in [2.24, 2.45) is 0 Å². The van der Waals surface area contributed by atoms with Crippen molar-refractivity contribution in [1.29, 1.82) is 0 Å². The van der Waals surface area contributed by atoms with Crippen molar-refractivity contribution >= 4 is 11.8 Å². The molecule has 4 rings (SSSR count). The van der Waals surface area contributed by atoms with Gasteiger partial charge in [0, 0.05) is 23.1 Å². The van der Waals surface area contributed by atoms with Crippen LogP contribution in [-0.4, -0.2) is 29.0 Å². The lowest BCUT2D eigenvalue weighted by molar-refractivity contribution is -0.140. The van der Waals surface area contributed by atoms with Crippen molar-refractivity contribution in [2.45, 2.75) is 60.8 Å². The predicted octanol–water partition coefficient (Wildman–Crippen LogP) is 8.13. The monoisotopic (exact) mass is 514 g/mol. The topological polar surface area (TPSA) is 82.3 Å². The van der Waals surface area contributed by atoms with Crippen LogP contribution in [0.25, 0.3) is 34.0 Å². The molecule has 4 aromatic rings. The number of rotatable bonds is 7. The quantitative estimate of drug-likeness (QED) is 0.183. The van der Waals surface area contributed by atoms with E-state index in [1.165, 1.54) is 29.4 Å². The summed E-state index contributed by atoms with van der Waals surface area (Å²) in [6, 6.07) is 22.0. The molecule has 0 radical (unpaired) electrons. The highest BCUT2D eigenvalue weighted by Gasteiger charge is 2.15. The second kappa shape index (κ2) is 15.3. The Bertz CT molecular complexity index is 1330. The van der Waals surface area contributed by atoms with Gasteiger partial charge in [0.05, 0.1) is 7.11 Å². The number of aryl methyl sites for hydroxylation is 2. The molecule has 1 heterocycles. The molecule has 0 amide bonds. The molecule has 0 N–H and O–H groups in total. The van der Waals surface area contributed by atoms with Crippen LogP contribution in [-0.2, 0) is 16.0 Å². The lowest BCUT2D eigenvalue weighted by atomic mass is 9.92. The first-order valence-electron chi connectivity index (χ1n) is 13.1. The van der Waals surface area contributed by atoms with Gasteiger partial charge in [0.2, 0.25) is 5.82 Å². The fourth-order valence-electron chi connectivity index (χ4n) is 3.82. The number of nitrogens with zero attached hydrogens (tertiary/aromatic N) is 2. The molecule has 0 saturated carbocycles. The summed E-state index contributed by atoms with van der Waals surface area (Å²) >= 11 is 0. The van der Waals surface area contributed by atoms with Crippen molar-refractivity contribution in [3.63, 3.8) is 0 Å². The zero-order valence-corrected chi connectivity index (χ0v) is 23.5. The summed E-state index contributed by atoms with van der Waals surface area (Å²) < 4.78 is 9.82. The van der Waals surface area contributed by atoms with E-state index in [9.17, 15) is 9.59 Å². The van der Waals surface area contributed by atoms with Gasteiger partial charge in [-0.2, -0.15) is 4.98 Å². The van der Waals surface area contributed by atoms with E-state index in [1.54, 1.807) is 26.0 Å². The van der Waals surface area contributed by atoms with Crippen molar-refractivity contribution in [1.82, 2.24) is 10.1 Å². The highest BCUT2D eigenvalue weighted by Crippen LogP contribution is 2.32. The van der Waals surface area contributed by atoms with Crippen LogP contribution in [0.1, 0.15) is 68.9 Å². The van der Waals surface area contributed by atoms with Gasteiger partial charge in [-0.1, -0.05) is 87.8 Å². The van der Waals surface area contributed by atoms with E-state index >= 15 is 0 Å². The van der Waals surface area contributed by atoms with Gasteiger partial charge in [-0.15, -0.1) is 0 Å². The van der Waals surface area contributed by atoms with Crippen LogP contribution >= 0.6 is 0 Å². The number of hydrogen-bond donors (Lipinski definition) is 0. The van der Waals surface area contributed by atoms with E-state index in [1.807, 2.05) is 32.0 Å². The van der Waals surface area contributed by atoms with Gasteiger partial charge in [0.1, 0.15) is 0 Å². The molecule has 6 nitrogen and oxygen atoms in total. The third-order valence-corrected chi connectivity index (χ3v) is 5.78. The average molecular weight is 515 g/mol. The summed E-state index contributed by atoms with van der Waals surface area (Å²) in [5, 5.41) is 4.14. The van der Waals surface area contributed by atoms with Crippen molar-refractivity contribution in [2.75, 3.05) is 7.11 Å². The van der Waals surface area contributed by atoms with Crippen molar-refractivity contribution in [3.8, 4) is 34.0 Å². The molecular formula is C32H38N2O4. The Morgan fingerprint density at radius 3 is 2.24 bits per heavy atom. The summed E-state index contributed by atoms with van der Waals surface area (Å²) in [6.07, 6.45) is 2.49. The zero-order chi connectivity index (χ0) is 28.1. The van der Waals surface area contributed by atoms with Crippen LogP contribution in [0, 0.1) is 6.92 Å². The van der Waals surface area contributed by atoms with Gasteiger partial charge >= 0.3 is 5.97 Å². The Hall–Kier alpha value is -4.06. The van der Waals surface area contributed by atoms with Gasteiger partial charge in [-0.3, -0.25) is 9.59 Å². The molecule has 0 fully saturated rings. The molecule has 38 heavy (non-hydrogen) atoms. The first-order valence-corrected chi connectivity index (χ1v) is 13.1. The van der Waals surface area contributed by atoms with Crippen molar-refractivity contribution in [3.05, 3.63) is 83.4 Å². The lowest BCUT2D eigenvalue weighted by Crippen LogP contribution is -1.94. The normalized spacial score (nSPS) is 9.97. The fraction of sp³-hybridized carbons (Fsp3) is 0.312. The predicted molar refractivity (Wildman–Crippen MR) is 153 cm³/mol. The number of esters is 1. The Balaban J connectivity index is 0.000000560. The smallest absolute Gasteiger partial charge is 0.305 e. The van der Waals surface area contributed by atoms with Crippen LogP contribution in [0.5, 0.6) is 0 Å². The van der Waals surface area contributed by atoms with Crippen molar-refractivity contribution < 1.29 is 18.8 Å². The molecule has 0 aliphatic carbocycles. The van der Waals surface area contributed by atoms with Crippen LogP contribution in [0.15, 0.2) is 71.3 Å². The molecule has 0 saturated heterocycles. The molecule has 0 aliphatic heterocycles. The molecule has 0 aliphatic rings. The van der Waals surface area contributed by atoms with Crippen LogP contribution in [0.4, 0.5) is 0 Å². The van der Waals surface area contributed by atoms with E-state index in [0.29, 0.717) is 23.7 Å². The first kappa shape index (κ1) is 30.2. The zero-order valence-electron chi connectivity index (χ0n) is 23.5. The highest BCUT2D eigenvalue weighted by atomic mass is 16.5. The molecule has 0 spiro atoms. The molecule has 0 bridgehead atoms. The molecule has 200 valence electrons. The number of carbonyl (C=O) groups excluding carboxylic acids is 2. The van der Waals surface area contributed by atoms with Crippen LogP contribution in [0.2, 0.25) is 0 Å². The molecular weight excluding hydrogens is 476 g/mol. The van der Waals surface area contributed by atoms with Gasteiger partial charge in [0.25, 0.3) is 5.89 Å². The number of ether oxygens (including phenoxy) is 1. The van der Waals surface area contributed by atoms with E-state index in [0.717, 1.165) is 24.0 Å². The summed E-state index contributed by atoms with van der Waals surface area (Å²) in [5.74, 6) is 0.812. The molecule has 0 atom stereocenters. The Kier molecular flexibility index (Phi) is 12.1. The minimum atomic E-state index is -0.157. The second-order valence-electron chi connectivity index (χ2n) is 8.43. The summed E-state index contributed by atoms with van der Waals surface area (Å²) in [5.41, 5.74) is 7.31. The van der Waals surface area contributed by atoms with Crippen LogP contribution < -0.4 is 0 Å². The average Bonchev–Trinajstić information content (AvgIpc) is 3.45. The summed E-state index contributed by atoms with van der Waals surface area (Å²) in [6.45, 7) is 11.6. The molecule has 6 heteroatoms. The van der Waals surface area contributed by atoms with Crippen LogP contribution in [0.3, 0.4) is 0 Å².